The molecule has 7 heteroatoms. The molecular formula is C14H8BrIN2O2S. The predicted octanol–water partition coefficient (Wildman–Crippen LogP) is 3.54. The van der Waals surface area contributed by atoms with E-state index >= 15 is 0 Å². The van der Waals surface area contributed by atoms with Gasteiger partial charge in [0.05, 0.1) is 10.2 Å². The van der Waals surface area contributed by atoms with E-state index in [0.29, 0.717) is 10.2 Å². The molecule has 0 spiro atoms. The van der Waals surface area contributed by atoms with Gasteiger partial charge in [0.25, 0.3) is 11.8 Å². The van der Waals surface area contributed by atoms with Crippen molar-refractivity contribution in [3.05, 3.63) is 55.8 Å². The van der Waals surface area contributed by atoms with Gasteiger partial charge >= 0.3 is 0 Å². The molecule has 1 aromatic carbocycles. The van der Waals surface area contributed by atoms with Crippen molar-refractivity contribution in [2.75, 3.05) is 5.01 Å². The number of nitrogens with one attached hydrogen (secondary N) is 1. The lowest BCUT2D eigenvalue weighted by Gasteiger charge is -2.14. The third kappa shape index (κ3) is 2.77. The van der Waals surface area contributed by atoms with Crippen LogP contribution < -0.4 is 10.4 Å². The Balaban J connectivity index is 2.00. The summed E-state index contributed by atoms with van der Waals surface area (Å²) in [6.07, 6.45) is 0. The molecule has 1 N–H and O–H groups in total. The highest BCUT2D eigenvalue weighted by molar-refractivity contribution is 14.1. The van der Waals surface area contributed by atoms with E-state index in [0.717, 1.165) is 8.45 Å². The van der Waals surface area contributed by atoms with Gasteiger partial charge in [-0.1, -0.05) is 6.07 Å². The Morgan fingerprint density at radius 2 is 1.90 bits per heavy atom. The SMILES string of the molecule is O=C1NN(c2ccc(I)cc2)C(=O)C1=C(Br)c1cccs1. The number of halogens is 2. The lowest BCUT2D eigenvalue weighted by Crippen LogP contribution is -2.35. The average Bonchev–Trinajstić information content (AvgIpc) is 3.08. The van der Waals surface area contributed by atoms with Crippen LogP contribution in [0.5, 0.6) is 0 Å². The summed E-state index contributed by atoms with van der Waals surface area (Å²) in [6.45, 7) is 0. The summed E-state index contributed by atoms with van der Waals surface area (Å²) in [5.41, 5.74) is 3.35. The second kappa shape index (κ2) is 5.90. The van der Waals surface area contributed by atoms with Gasteiger partial charge in [0.1, 0.15) is 5.57 Å². The fourth-order valence-corrected chi connectivity index (χ4v) is 3.70. The Hall–Kier alpha value is -1.19. The van der Waals surface area contributed by atoms with E-state index in [1.54, 1.807) is 12.1 Å². The lowest BCUT2D eigenvalue weighted by molar-refractivity contribution is -0.117. The summed E-state index contributed by atoms with van der Waals surface area (Å²) in [6, 6.07) is 11.1. The molecular weight excluding hydrogens is 467 g/mol. The third-order valence-corrected chi connectivity index (χ3v) is 5.59. The number of hydrogen-bond acceptors (Lipinski definition) is 3. The van der Waals surface area contributed by atoms with Gasteiger partial charge in [-0.15, -0.1) is 11.3 Å². The first kappa shape index (κ1) is 14.7. The summed E-state index contributed by atoms with van der Waals surface area (Å²) < 4.78 is 1.58. The van der Waals surface area contributed by atoms with E-state index in [1.807, 2.05) is 29.6 Å². The fraction of sp³-hybridized carbons (Fsp3) is 0. The molecule has 0 saturated carbocycles. The topological polar surface area (TPSA) is 49.4 Å². The smallest absolute Gasteiger partial charge is 0.267 e. The number of hydrogen-bond donors (Lipinski definition) is 1. The van der Waals surface area contributed by atoms with Crippen LogP contribution in [0.25, 0.3) is 4.48 Å². The number of carbonyl (C=O) groups is 2. The summed E-state index contributed by atoms with van der Waals surface area (Å²) in [5, 5.41) is 3.16. The molecule has 3 rings (SSSR count). The van der Waals surface area contributed by atoms with Crippen molar-refractivity contribution in [3.63, 3.8) is 0 Å². The molecule has 21 heavy (non-hydrogen) atoms. The van der Waals surface area contributed by atoms with E-state index < -0.39 is 5.91 Å². The van der Waals surface area contributed by atoms with Crippen LogP contribution in [0, 0.1) is 3.57 Å². The van der Waals surface area contributed by atoms with Crippen molar-refractivity contribution in [2.45, 2.75) is 0 Å². The van der Waals surface area contributed by atoms with E-state index in [9.17, 15) is 9.59 Å². The molecule has 0 radical (unpaired) electrons. The van der Waals surface area contributed by atoms with Gasteiger partial charge in [0.2, 0.25) is 0 Å². The van der Waals surface area contributed by atoms with E-state index in [4.69, 9.17) is 0 Å². The van der Waals surface area contributed by atoms with Crippen molar-refractivity contribution >= 4 is 71.8 Å². The maximum atomic E-state index is 12.5. The first-order valence-electron chi connectivity index (χ1n) is 5.92. The number of thiophene rings is 1. The highest BCUT2D eigenvalue weighted by Crippen LogP contribution is 2.32. The maximum Gasteiger partial charge on any atom is 0.283 e. The molecule has 2 aromatic rings. The second-order valence-electron chi connectivity index (χ2n) is 4.22. The zero-order valence-electron chi connectivity index (χ0n) is 10.5. The first-order valence-corrected chi connectivity index (χ1v) is 8.67. The highest BCUT2D eigenvalue weighted by atomic mass is 127. The Kier molecular flexibility index (Phi) is 4.14. The summed E-state index contributed by atoms with van der Waals surface area (Å²) >= 11 is 7.01. The van der Waals surface area contributed by atoms with Crippen molar-refractivity contribution in [3.8, 4) is 0 Å². The summed E-state index contributed by atoms with van der Waals surface area (Å²) in [5.74, 6) is -0.764. The molecule has 0 unspecified atom stereocenters. The van der Waals surface area contributed by atoms with Crippen LogP contribution in [0.2, 0.25) is 0 Å². The van der Waals surface area contributed by atoms with Crippen LogP contribution >= 0.6 is 49.9 Å². The Morgan fingerprint density at radius 3 is 2.52 bits per heavy atom. The number of nitrogens with zero attached hydrogens (tertiary/aromatic N) is 1. The average molecular weight is 475 g/mol. The number of amides is 2. The van der Waals surface area contributed by atoms with Crippen LogP contribution in [-0.2, 0) is 9.59 Å². The molecule has 2 heterocycles. The summed E-state index contributed by atoms with van der Waals surface area (Å²) in [4.78, 5) is 25.5. The third-order valence-electron chi connectivity index (χ3n) is 2.90. The number of carbonyl (C=O) groups excluding carboxylic acids is 2. The van der Waals surface area contributed by atoms with Gasteiger partial charge in [0.15, 0.2) is 0 Å². The first-order chi connectivity index (χ1) is 10.1. The van der Waals surface area contributed by atoms with Crippen LogP contribution in [0.4, 0.5) is 5.69 Å². The number of benzene rings is 1. The molecule has 0 aliphatic carbocycles. The molecule has 4 nitrogen and oxygen atoms in total. The molecule has 0 atom stereocenters. The second-order valence-corrected chi connectivity index (χ2v) is 7.21. The monoisotopic (exact) mass is 474 g/mol. The van der Waals surface area contributed by atoms with Gasteiger partial charge in [-0.05, 0) is 74.2 Å². The molecule has 1 aliphatic heterocycles. The zero-order chi connectivity index (χ0) is 15.0. The lowest BCUT2D eigenvalue weighted by atomic mass is 10.2. The number of rotatable bonds is 2. The molecule has 1 fully saturated rings. The molecule has 106 valence electrons. The van der Waals surface area contributed by atoms with Crippen LogP contribution in [-0.4, -0.2) is 11.8 Å². The Morgan fingerprint density at radius 1 is 1.19 bits per heavy atom. The minimum absolute atomic E-state index is 0.121. The Bertz CT molecular complexity index is 741. The molecule has 1 aromatic heterocycles. The molecule has 1 saturated heterocycles. The van der Waals surface area contributed by atoms with Crippen molar-refractivity contribution in [2.24, 2.45) is 0 Å². The number of anilines is 1. The normalized spacial score (nSPS) is 17.1. The standard InChI is InChI=1S/C14H8BrIN2O2S/c15-12(10-2-1-7-21-10)11-13(19)17-18(14(11)20)9-5-3-8(16)4-6-9/h1-7H,(H,17,19). The molecule has 2 amide bonds. The van der Waals surface area contributed by atoms with Crippen LogP contribution in [0.1, 0.15) is 4.88 Å². The van der Waals surface area contributed by atoms with Gasteiger partial charge in [-0.3, -0.25) is 15.0 Å². The summed E-state index contributed by atoms with van der Waals surface area (Å²) in [7, 11) is 0. The van der Waals surface area contributed by atoms with Crippen molar-refractivity contribution in [1.82, 2.24) is 5.43 Å². The van der Waals surface area contributed by atoms with Crippen molar-refractivity contribution in [1.29, 1.82) is 0 Å². The van der Waals surface area contributed by atoms with E-state index in [2.05, 4.69) is 43.9 Å². The minimum Gasteiger partial charge on any atom is -0.267 e. The van der Waals surface area contributed by atoms with E-state index in [1.165, 1.54) is 16.3 Å². The quantitative estimate of drug-likeness (QED) is 0.411. The number of hydrazine groups is 1. The Labute approximate surface area is 147 Å². The van der Waals surface area contributed by atoms with Crippen LogP contribution in [0.3, 0.4) is 0 Å². The van der Waals surface area contributed by atoms with Crippen molar-refractivity contribution < 1.29 is 9.59 Å². The highest BCUT2D eigenvalue weighted by Gasteiger charge is 2.37. The van der Waals surface area contributed by atoms with Gasteiger partial charge < -0.3 is 0 Å². The van der Waals surface area contributed by atoms with Crippen LogP contribution in [0.15, 0.2) is 47.4 Å². The largest absolute Gasteiger partial charge is 0.283 e. The molecule has 1 aliphatic rings. The molecule has 0 bridgehead atoms. The van der Waals surface area contributed by atoms with Gasteiger partial charge in [0, 0.05) is 8.45 Å². The predicted molar refractivity (Wildman–Crippen MR) is 95.0 cm³/mol. The van der Waals surface area contributed by atoms with E-state index in [-0.39, 0.29) is 11.5 Å². The zero-order valence-corrected chi connectivity index (χ0v) is 15.0. The minimum atomic E-state index is -0.404. The fourth-order valence-electron chi connectivity index (χ4n) is 1.91. The van der Waals surface area contributed by atoms with Gasteiger partial charge in [-0.25, -0.2) is 5.01 Å². The van der Waals surface area contributed by atoms with Gasteiger partial charge in [-0.2, -0.15) is 0 Å². The maximum absolute atomic E-state index is 12.5.